The Balaban J connectivity index is 1.15. The number of fused-ring (bicyclic) bond motifs is 1. The number of rotatable bonds is 6. The minimum atomic E-state index is -2.90. The molecule has 1 saturated heterocycles. The van der Waals surface area contributed by atoms with Gasteiger partial charge in [-0.25, -0.2) is 4.98 Å². The van der Waals surface area contributed by atoms with E-state index in [-0.39, 0.29) is 11.8 Å². The topological polar surface area (TPSA) is 58.6 Å². The van der Waals surface area contributed by atoms with Gasteiger partial charge in [0.2, 0.25) is 11.8 Å². The van der Waals surface area contributed by atoms with Crippen molar-refractivity contribution in [3.05, 3.63) is 71.2 Å². The van der Waals surface area contributed by atoms with Crippen molar-refractivity contribution in [3.8, 4) is 17.0 Å². The van der Waals surface area contributed by atoms with Crippen LogP contribution < -0.4 is 9.64 Å². The highest BCUT2D eigenvalue weighted by atomic mass is 19.3. The van der Waals surface area contributed by atoms with Crippen LogP contribution in [0, 0.1) is 19.8 Å². The van der Waals surface area contributed by atoms with E-state index in [0.29, 0.717) is 25.4 Å². The van der Waals surface area contributed by atoms with Crippen LogP contribution in [-0.4, -0.2) is 40.5 Å². The van der Waals surface area contributed by atoms with Crippen molar-refractivity contribution in [2.45, 2.75) is 40.0 Å². The molecule has 34 heavy (non-hydrogen) atoms. The number of halogens is 2. The molecule has 4 heterocycles. The number of carbonyl (C=O) groups is 1. The van der Waals surface area contributed by atoms with Gasteiger partial charge in [-0.2, -0.15) is 8.78 Å². The van der Waals surface area contributed by atoms with Crippen molar-refractivity contribution in [1.82, 2.24) is 14.9 Å². The van der Waals surface area contributed by atoms with Crippen molar-refractivity contribution >= 4 is 11.6 Å². The highest BCUT2D eigenvalue weighted by molar-refractivity contribution is 5.78. The zero-order chi connectivity index (χ0) is 23.8. The molecule has 6 nitrogen and oxygen atoms in total. The first-order valence-corrected chi connectivity index (χ1v) is 11.4. The largest absolute Gasteiger partial charge is 0.417 e. The highest BCUT2D eigenvalue weighted by Crippen LogP contribution is 2.31. The Labute approximate surface area is 197 Å². The van der Waals surface area contributed by atoms with Gasteiger partial charge < -0.3 is 14.5 Å². The lowest BCUT2D eigenvalue weighted by atomic mass is 9.94. The van der Waals surface area contributed by atoms with E-state index in [2.05, 4.69) is 32.6 Å². The maximum atomic E-state index is 12.9. The van der Waals surface area contributed by atoms with Crippen molar-refractivity contribution in [2.75, 3.05) is 18.0 Å². The Morgan fingerprint density at radius 1 is 1.09 bits per heavy atom. The maximum absolute atomic E-state index is 12.9. The van der Waals surface area contributed by atoms with E-state index in [1.54, 1.807) is 6.07 Å². The van der Waals surface area contributed by atoms with Crippen LogP contribution in [0.25, 0.3) is 11.1 Å². The smallest absolute Gasteiger partial charge is 0.388 e. The second kappa shape index (κ2) is 9.00. The molecule has 3 aromatic rings. The Bertz CT molecular complexity index is 1210. The first-order chi connectivity index (χ1) is 16.4. The molecule has 2 aromatic heterocycles. The van der Waals surface area contributed by atoms with Gasteiger partial charge in [-0.1, -0.05) is 12.1 Å². The Morgan fingerprint density at radius 3 is 2.59 bits per heavy atom. The molecule has 0 bridgehead atoms. The third-order valence-corrected chi connectivity index (χ3v) is 6.53. The van der Waals surface area contributed by atoms with Gasteiger partial charge in [-0.3, -0.25) is 9.78 Å². The molecule has 0 radical (unpaired) electrons. The summed E-state index contributed by atoms with van der Waals surface area (Å²) in [6, 6.07) is 13.3. The van der Waals surface area contributed by atoms with Gasteiger partial charge in [0.25, 0.3) is 0 Å². The number of hydrogen-bond donors (Lipinski definition) is 0. The maximum Gasteiger partial charge on any atom is 0.388 e. The van der Waals surface area contributed by atoms with Crippen LogP contribution in [0.5, 0.6) is 5.88 Å². The molecule has 5 rings (SSSR count). The second-order valence-corrected chi connectivity index (χ2v) is 9.04. The number of alkyl halides is 2. The van der Waals surface area contributed by atoms with E-state index in [9.17, 15) is 13.6 Å². The van der Waals surface area contributed by atoms with Crippen molar-refractivity contribution < 1.29 is 18.3 Å². The van der Waals surface area contributed by atoms with Gasteiger partial charge in [-0.05, 0) is 60.4 Å². The summed E-state index contributed by atoms with van der Waals surface area (Å²) in [5, 5.41) is 0. The van der Waals surface area contributed by atoms with Crippen molar-refractivity contribution in [3.63, 3.8) is 0 Å². The summed E-state index contributed by atoms with van der Waals surface area (Å²) < 4.78 is 29.3. The Morgan fingerprint density at radius 2 is 1.85 bits per heavy atom. The number of ether oxygens (including phenoxy) is 1. The SMILES string of the molecule is Cc1cc(C)c2c(n1)CN(C(=O)CC1CN(c3ccc(-c4ccnc(OC(F)F)c4)cc3)C1)C2. The fourth-order valence-electron chi connectivity index (χ4n) is 4.79. The molecule has 2 aliphatic rings. The average molecular weight is 465 g/mol. The molecule has 1 fully saturated rings. The third kappa shape index (κ3) is 4.58. The van der Waals surface area contributed by atoms with Crippen LogP contribution in [0.1, 0.15) is 28.9 Å². The summed E-state index contributed by atoms with van der Waals surface area (Å²) in [5.41, 5.74) is 7.16. The summed E-state index contributed by atoms with van der Waals surface area (Å²) in [7, 11) is 0. The minimum absolute atomic E-state index is 0.103. The Hall–Kier alpha value is -3.55. The van der Waals surface area contributed by atoms with Gasteiger partial charge in [0, 0.05) is 55.6 Å². The van der Waals surface area contributed by atoms with Gasteiger partial charge in [0.15, 0.2) is 0 Å². The van der Waals surface area contributed by atoms with E-state index in [1.165, 1.54) is 23.4 Å². The molecule has 1 aromatic carbocycles. The molecule has 0 spiro atoms. The summed E-state index contributed by atoms with van der Waals surface area (Å²) >= 11 is 0. The van der Waals surface area contributed by atoms with Crippen LogP contribution in [0.3, 0.4) is 0 Å². The third-order valence-electron chi connectivity index (χ3n) is 6.53. The second-order valence-electron chi connectivity index (χ2n) is 9.04. The van der Waals surface area contributed by atoms with Crippen LogP contribution in [0.4, 0.5) is 14.5 Å². The van der Waals surface area contributed by atoms with Crippen molar-refractivity contribution in [1.29, 1.82) is 0 Å². The quantitative estimate of drug-likeness (QED) is 0.528. The molecule has 0 saturated carbocycles. The lowest BCUT2D eigenvalue weighted by Gasteiger charge is -2.41. The lowest BCUT2D eigenvalue weighted by molar-refractivity contribution is -0.133. The van der Waals surface area contributed by atoms with Gasteiger partial charge in [0.05, 0.1) is 12.2 Å². The fraction of sp³-hybridized carbons (Fsp3) is 0.346. The number of nitrogens with zero attached hydrogens (tertiary/aromatic N) is 4. The van der Waals surface area contributed by atoms with Gasteiger partial charge >= 0.3 is 6.61 Å². The van der Waals surface area contributed by atoms with E-state index < -0.39 is 6.61 Å². The normalized spacial score (nSPS) is 15.4. The fourth-order valence-corrected chi connectivity index (χ4v) is 4.79. The molecular weight excluding hydrogens is 438 g/mol. The van der Waals surface area contributed by atoms with E-state index in [1.807, 2.05) is 36.1 Å². The average Bonchev–Trinajstić information content (AvgIpc) is 3.20. The first kappa shape index (κ1) is 22.3. The number of anilines is 1. The number of amides is 1. The van der Waals surface area contributed by atoms with Gasteiger partial charge in [-0.15, -0.1) is 0 Å². The number of pyridine rings is 2. The number of carbonyl (C=O) groups excluding carboxylic acids is 1. The molecule has 2 aliphatic heterocycles. The number of aryl methyl sites for hydroxylation is 2. The summed E-state index contributed by atoms with van der Waals surface area (Å²) in [5.74, 6) is 0.421. The minimum Gasteiger partial charge on any atom is -0.417 e. The highest BCUT2D eigenvalue weighted by Gasteiger charge is 2.32. The summed E-state index contributed by atoms with van der Waals surface area (Å²) in [6.07, 6.45) is 2.00. The predicted octanol–water partition coefficient (Wildman–Crippen LogP) is 4.73. The number of benzene rings is 1. The zero-order valence-electron chi connectivity index (χ0n) is 19.2. The molecule has 8 heteroatoms. The molecule has 0 atom stereocenters. The van der Waals surface area contributed by atoms with Gasteiger partial charge in [0.1, 0.15) is 0 Å². The van der Waals surface area contributed by atoms with Crippen LogP contribution in [0.2, 0.25) is 0 Å². The monoisotopic (exact) mass is 464 g/mol. The Kier molecular flexibility index (Phi) is 5.89. The van der Waals surface area contributed by atoms with Crippen LogP contribution in [-0.2, 0) is 17.9 Å². The predicted molar refractivity (Wildman–Crippen MR) is 125 cm³/mol. The van der Waals surface area contributed by atoms with E-state index in [4.69, 9.17) is 0 Å². The van der Waals surface area contributed by atoms with Crippen LogP contribution in [0.15, 0.2) is 48.7 Å². The first-order valence-electron chi connectivity index (χ1n) is 11.4. The summed E-state index contributed by atoms with van der Waals surface area (Å²) in [4.78, 5) is 25.5. The van der Waals surface area contributed by atoms with Crippen molar-refractivity contribution in [2.24, 2.45) is 5.92 Å². The molecule has 0 aliphatic carbocycles. The molecule has 1 amide bonds. The number of aromatic nitrogens is 2. The molecule has 0 unspecified atom stereocenters. The molecular formula is C26H26F2N4O2. The molecule has 0 N–H and O–H groups in total. The standard InChI is InChI=1S/C26H26F2N4O2/c1-16-9-17(2)30-23-15-32(14-22(16)23)25(33)10-18-12-31(13-18)21-5-3-19(4-6-21)20-7-8-29-24(11-20)34-26(27)28/h3-9,11,18,26H,10,12-15H2,1-2H3. The van der Waals surface area contributed by atoms with E-state index >= 15 is 0 Å². The zero-order valence-corrected chi connectivity index (χ0v) is 19.2. The van der Waals surface area contributed by atoms with E-state index in [0.717, 1.165) is 41.3 Å². The lowest BCUT2D eigenvalue weighted by Crippen LogP contribution is -2.48. The number of hydrogen-bond acceptors (Lipinski definition) is 5. The van der Waals surface area contributed by atoms with Crippen LogP contribution >= 0.6 is 0 Å². The molecule has 176 valence electrons. The summed E-state index contributed by atoms with van der Waals surface area (Å²) in [6.45, 7) is 4.11.